The van der Waals surface area contributed by atoms with Gasteiger partial charge in [0.25, 0.3) is 11.8 Å². The van der Waals surface area contributed by atoms with Crippen LogP contribution in [-0.2, 0) is 9.53 Å². The van der Waals surface area contributed by atoms with Gasteiger partial charge in [-0.2, -0.15) is 0 Å². The average molecular weight is 776 g/mol. The largest absolute Gasteiger partial charge is 0.466 e. The molecule has 55 heavy (non-hydrogen) atoms. The summed E-state index contributed by atoms with van der Waals surface area (Å²) < 4.78 is 9.20. The molecule has 0 spiro atoms. The third-order valence-electron chi connectivity index (χ3n) is 9.80. The van der Waals surface area contributed by atoms with Crippen LogP contribution >= 0.6 is 23.2 Å². The van der Waals surface area contributed by atoms with Gasteiger partial charge in [0, 0.05) is 40.9 Å². The maximum Gasteiger partial charge on any atom is 0.307 e. The van der Waals surface area contributed by atoms with Gasteiger partial charge in [-0.25, -0.2) is 0 Å². The highest BCUT2D eigenvalue weighted by molar-refractivity contribution is 6.31. The van der Waals surface area contributed by atoms with Crippen LogP contribution in [0.1, 0.15) is 52.8 Å². The zero-order valence-corrected chi connectivity index (χ0v) is 31.7. The second kappa shape index (κ2) is 16.8. The van der Waals surface area contributed by atoms with E-state index in [4.69, 9.17) is 27.9 Å². The van der Waals surface area contributed by atoms with Crippen molar-refractivity contribution in [1.82, 2.24) is 19.8 Å². The Bertz CT molecular complexity index is 2340. The molecule has 0 radical (unpaired) electrons. The van der Waals surface area contributed by atoms with Crippen LogP contribution in [0.15, 0.2) is 121 Å². The maximum absolute atomic E-state index is 12.7. The van der Waals surface area contributed by atoms with Crippen LogP contribution in [-0.4, -0.2) is 58.3 Å². The van der Waals surface area contributed by atoms with Gasteiger partial charge in [-0.05, 0) is 72.0 Å². The summed E-state index contributed by atoms with van der Waals surface area (Å²) in [5.41, 5.74) is 8.78. The lowest BCUT2D eigenvalue weighted by Crippen LogP contribution is -2.40. The number of nitrogens with one attached hydrogen (secondary N) is 2. The van der Waals surface area contributed by atoms with Gasteiger partial charge >= 0.3 is 5.97 Å². The van der Waals surface area contributed by atoms with Crippen LogP contribution in [0, 0.1) is 0 Å². The molecule has 2 unspecified atom stereocenters. The Balaban J connectivity index is 0.000000170. The Kier molecular flexibility index (Phi) is 11.5. The molecule has 280 valence electrons. The Morgan fingerprint density at radius 1 is 0.673 bits per heavy atom. The first-order valence-electron chi connectivity index (χ1n) is 18.2. The topological polar surface area (TPSA) is 115 Å². The number of hydrogen-bond acceptors (Lipinski definition) is 5. The summed E-state index contributed by atoms with van der Waals surface area (Å²) in [4.78, 5) is 37.4. The van der Waals surface area contributed by atoms with Crippen LogP contribution < -0.4 is 10.6 Å². The molecule has 0 aliphatic carbocycles. The number of amides is 2. The molecule has 2 aliphatic rings. The fourth-order valence-electron chi connectivity index (χ4n) is 7.43. The molecule has 0 fully saturated rings. The number of nitrogens with zero attached hydrogens (tertiary/aromatic N) is 2. The zero-order valence-electron chi connectivity index (χ0n) is 30.2. The molecule has 4 heterocycles. The van der Waals surface area contributed by atoms with Crippen molar-refractivity contribution in [3.63, 3.8) is 0 Å². The minimum Gasteiger partial charge on any atom is -0.466 e. The van der Waals surface area contributed by atoms with E-state index in [2.05, 4.69) is 15.2 Å². The molecule has 0 bridgehead atoms. The number of halogens is 2. The van der Waals surface area contributed by atoms with Gasteiger partial charge in [-0.1, -0.05) is 108 Å². The monoisotopic (exact) mass is 774 g/mol. The van der Waals surface area contributed by atoms with Crippen LogP contribution in [0.5, 0.6) is 0 Å². The quantitative estimate of drug-likeness (QED) is 0.127. The third-order valence-corrected chi connectivity index (χ3v) is 10.3. The summed E-state index contributed by atoms with van der Waals surface area (Å²) in [6.07, 6.45) is 0.765. The summed E-state index contributed by atoms with van der Waals surface area (Å²) in [5, 5.41) is 16.6. The minimum atomic E-state index is -0.281. The smallest absolute Gasteiger partial charge is 0.307 e. The number of esters is 1. The van der Waals surface area contributed by atoms with Crippen molar-refractivity contribution in [2.45, 2.75) is 31.8 Å². The average Bonchev–Trinajstić information content (AvgIpc) is 3.81. The SMILES string of the molecule is CCOC(=O)CC1CNC(=O)c2cc(-c3cccc(Cl)c3)c(-c3ccccc3)n21.O=C1NCC(CCO)n2c1cc(-c1cccc(Cl)c1)c2-c1ccccc1. The number of fused-ring (bicyclic) bond motifs is 2. The number of aromatic nitrogens is 2. The normalized spacial score (nSPS) is 15.9. The Labute approximate surface area is 329 Å². The van der Waals surface area contributed by atoms with Crippen molar-refractivity contribution in [1.29, 1.82) is 0 Å². The molecule has 9 nitrogen and oxygen atoms in total. The highest BCUT2D eigenvalue weighted by Gasteiger charge is 2.33. The predicted octanol–water partition coefficient (Wildman–Crippen LogP) is 8.86. The fourth-order valence-corrected chi connectivity index (χ4v) is 7.81. The molecule has 2 aliphatic heterocycles. The Morgan fingerprint density at radius 3 is 1.58 bits per heavy atom. The molecular formula is C44H40Cl2N4O5. The van der Waals surface area contributed by atoms with E-state index in [1.165, 1.54) is 0 Å². The zero-order chi connectivity index (χ0) is 38.5. The van der Waals surface area contributed by atoms with Gasteiger partial charge < -0.3 is 29.6 Å². The van der Waals surface area contributed by atoms with E-state index in [0.29, 0.717) is 47.6 Å². The summed E-state index contributed by atoms with van der Waals surface area (Å²) in [6, 6.07) is 38.7. The Hall–Kier alpha value is -5.61. The number of carbonyl (C=O) groups is 3. The molecule has 6 aromatic rings. The van der Waals surface area contributed by atoms with E-state index in [0.717, 1.165) is 44.8 Å². The van der Waals surface area contributed by atoms with E-state index in [9.17, 15) is 19.5 Å². The van der Waals surface area contributed by atoms with Crippen LogP contribution in [0.3, 0.4) is 0 Å². The van der Waals surface area contributed by atoms with Crippen molar-refractivity contribution in [3.05, 3.63) is 143 Å². The van der Waals surface area contributed by atoms with Crippen molar-refractivity contribution in [2.75, 3.05) is 26.3 Å². The number of ether oxygens (including phenoxy) is 1. The number of aliphatic hydroxyl groups is 1. The van der Waals surface area contributed by atoms with Crippen molar-refractivity contribution < 1.29 is 24.2 Å². The summed E-state index contributed by atoms with van der Waals surface area (Å²) >= 11 is 12.4. The molecule has 3 N–H and O–H groups in total. The number of aliphatic hydroxyl groups excluding tert-OH is 1. The number of hydrogen-bond donors (Lipinski definition) is 3. The lowest BCUT2D eigenvalue weighted by Gasteiger charge is -2.28. The lowest BCUT2D eigenvalue weighted by molar-refractivity contribution is -0.144. The fraction of sp³-hybridized carbons (Fsp3) is 0.205. The predicted molar refractivity (Wildman–Crippen MR) is 216 cm³/mol. The van der Waals surface area contributed by atoms with E-state index in [-0.39, 0.29) is 42.9 Å². The molecule has 2 atom stereocenters. The van der Waals surface area contributed by atoms with E-state index >= 15 is 0 Å². The van der Waals surface area contributed by atoms with E-state index in [1.54, 1.807) is 6.92 Å². The van der Waals surface area contributed by atoms with Gasteiger partial charge in [0.05, 0.1) is 36.5 Å². The molecule has 8 rings (SSSR count). The van der Waals surface area contributed by atoms with Gasteiger partial charge in [-0.3, -0.25) is 14.4 Å². The first kappa shape index (κ1) is 37.7. The molecule has 2 amide bonds. The van der Waals surface area contributed by atoms with Crippen molar-refractivity contribution >= 4 is 41.0 Å². The number of rotatable bonds is 9. The minimum absolute atomic E-state index is 0.0100. The van der Waals surface area contributed by atoms with Crippen molar-refractivity contribution in [3.8, 4) is 44.8 Å². The van der Waals surface area contributed by atoms with Crippen molar-refractivity contribution in [2.24, 2.45) is 0 Å². The second-order valence-corrected chi connectivity index (χ2v) is 14.2. The summed E-state index contributed by atoms with van der Waals surface area (Å²) in [7, 11) is 0. The molecular weight excluding hydrogens is 735 g/mol. The first-order valence-corrected chi connectivity index (χ1v) is 19.0. The van der Waals surface area contributed by atoms with Crippen LogP contribution in [0.2, 0.25) is 10.0 Å². The van der Waals surface area contributed by atoms with Gasteiger partial charge in [0.2, 0.25) is 0 Å². The molecule has 0 saturated carbocycles. The van der Waals surface area contributed by atoms with E-state index in [1.807, 2.05) is 126 Å². The second-order valence-electron chi connectivity index (χ2n) is 13.3. The van der Waals surface area contributed by atoms with Gasteiger partial charge in [-0.15, -0.1) is 0 Å². The highest BCUT2D eigenvalue weighted by Crippen LogP contribution is 2.41. The van der Waals surface area contributed by atoms with Crippen LogP contribution in [0.25, 0.3) is 44.8 Å². The summed E-state index contributed by atoms with van der Waals surface area (Å²) in [5.74, 6) is -0.531. The Morgan fingerprint density at radius 2 is 1.13 bits per heavy atom. The lowest BCUT2D eigenvalue weighted by atomic mass is 10.0. The molecule has 2 aromatic heterocycles. The van der Waals surface area contributed by atoms with E-state index < -0.39 is 0 Å². The highest BCUT2D eigenvalue weighted by atomic mass is 35.5. The standard InChI is InChI=1S/C23H21ClN2O3.C21H19ClN2O2/c1-2-29-21(27)12-18-14-25-23(28)20-13-19(16-9-6-10-17(24)11-16)22(26(18)20)15-7-4-3-5-8-15;22-16-8-4-7-15(11-16)18-12-19-21(26)23-13-17(9-10-25)24(19)20(18)14-5-2-1-3-6-14/h3-11,13,18H,2,12,14H2,1H3,(H,25,28);1-8,11-12,17,25H,9-10,13H2,(H,23,26). The van der Waals surface area contributed by atoms with Gasteiger partial charge in [0.15, 0.2) is 0 Å². The first-order chi connectivity index (χ1) is 26.8. The third kappa shape index (κ3) is 7.96. The molecule has 11 heteroatoms. The number of carbonyl (C=O) groups excluding carboxylic acids is 3. The van der Waals surface area contributed by atoms with Crippen LogP contribution in [0.4, 0.5) is 0 Å². The van der Waals surface area contributed by atoms with Gasteiger partial charge in [0.1, 0.15) is 11.4 Å². The molecule has 4 aromatic carbocycles. The number of benzene rings is 4. The summed E-state index contributed by atoms with van der Waals surface area (Å²) in [6.45, 7) is 3.06. The molecule has 0 saturated heterocycles. The maximum atomic E-state index is 12.7.